The number of piperazine rings is 1. The van der Waals surface area contributed by atoms with Gasteiger partial charge in [-0.05, 0) is 43.2 Å². The summed E-state index contributed by atoms with van der Waals surface area (Å²) >= 11 is 4.45. The molecule has 1 aromatic carbocycles. The molecule has 2 aliphatic rings. The van der Waals surface area contributed by atoms with E-state index in [9.17, 15) is 17.4 Å². The van der Waals surface area contributed by atoms with Crippen LogP contribution < -0.4 is 4.31 Å². The Balaban J connectivity index is 1.51. The molecule has 37 heavy (non-hydrogen) atoms. The van der Waals surface area contributed by atoms with Gasteiger partial charge >= 0.3 is 0 Å². The van der Waals surface area contributed by atoms with E-state index in [1.165, 1.54) is 43.7 Å². The maximum atomic E-state index is 13.9. The fourth-order valence-corrected chi connectivity index (χ4v) is 5.63. The number of rotatable bonds is 10. The second kappa shape index (κ2) is 12.8. The van der Waals surface area contributed by atoms with Crippen molar-refractivity contribution < 1.29 is 22.1 Å². The maximum Gasteiger partial charge on any atom is 0.272 e. The molecule has 8 nitrogen and oxygen atoms in total. The quantitative estimate of drug-likeness (QED) is 0.249. The Kier molecular flexibility index (Phi) is 9.52. The third kappa shape index (κ3) is 7.07. The summed E-state index contributed by atoms with van der Waals surface area (Å²) in [5, 5.41) is 6.93. The molecule has 2 aromatic rings. The first-order valence-corrected chi connectivity index (χ1v) is 13.3. The molecule has 2 heterocycles. The molecule has 0 radical (unpaired) electrons. The van der Waals surface area contributed by atoms with Crippen LogP contribution in [0.15, 0.2) is 46.7 Å². The Bertz CT molecular complexity index is 1130. The fourth-order valence-electron chi connectivity index (χ4n) is 4.16. The molecule has 1 aliphatic heterocycles. The standard InChI is InChI=1S/C24H28ClF3N6O2S/c1-29-31-24(36-16-23(27)28)17-5-6-18(30-14-17)15-34(20-7-8-22(26)21(25)13-20)37(35)33-11-9-32(10-12-33)19-3-2-4-19/h5-8,13-14,19,23H,1-4,9-12,15-16H2/b31-24-. The van der Waals surface area contributed by atoms with Gasteiger partial charge in [-0.1, -0.05) is 18.0 Å². The van der Waals surface area contributed by atoms with Crippen molar-refractivity contribution in [3.63, 3.8) is 0 Å². The molecule has 1 saturated heterocycles. The summed E-state index contributed by atoms with van der Waals surface area (Å²) in [6.07, 6.45) is 2.42. The van der Waals surface area contributed by atoms with Gasteiger partial charge in [0.2, 0.25) is 5.90 Å². The Morgan fingerprint density at radius 3 is 2.57 bits per heavy atom. The van der Waals surface area contributed by atoms with Crippen molar-refractivity contribution in [3.05, 3.63) is 58.6 Å². The summed E-state index contributed by atoms with van der Waals surface area (Å²) in [5.74, 6) is -0.705. The van der Waals surface area contributed by atoms with E-state index in [4.69, 9.17) is 16.3 Å². The van der Waals surface area contributed by atoms with Crippen LogP contribution in [0.1, 0.15) is 30.5 Å². The number of pyridine rings is 1. The van der Waals surface area contributed by atoms with Crippen LogP contribution in [0.3, 0.4) is 0 Å². The van der Waals surface area contributed by atoms with Gasteiger partial charge < -0.3 is 4.74 Å². The lowest BCUT2D eigenvalue weighted by Gasteiger charge is -2.43. The minimum Gasteiger partial charge on any atom is -0.470 e. The lowest BCUT2D eigenvalue weighted by atomic mass is 9.91. The highest BCUT2D eigenvalue weighted by molar-refractivity contribution is 7.84. The van der Waals surface area contributed by atoms with Crippen molar-refractivity contribution in [2.45, 2.75) is 38.3 Å². The zero-order chi connectivity index (χ0) is 26.4. The number of benzene rings is 1. The molecule has 0 amide bonds. The molecule has 1 aromatic heterocycles. The Morgan fingerprint density at radius 1 is 1.24 bits per heavy atom. The van der Waals surface area contributed by atoms with E-state index in [2.05, 4.69) is 26.8 Å². The number of aromatic nitrogens is 1. The number of alkyl halides is 2. The zero-order valence-electron chi connectivity index (χ0n) is 20.1. The van der Waals surface area contributed by atoms with Gasteiger partial charge in [0.1, 0.15) is 5.82 Å². The minimum atomic E-state index is -2.68. The second-order valence-corrected chi connectivity index (χ2v) is 10.5. The highest BCUT2D eigenvalue weighted by Gasteiger charge is 2.31. The summed E-state index contributed by atoms with van der Waals surface area (Å²) in [6, 6.07) is 8.05. The molecular formula is C24H28ClF3N6O2S. The summed E-state index contributed by atoms with van der Waals surface area (Å²) in [7, 11) is 0. The smallest absolute Gasteiger partial charge is 0.272 e. The zero-order valence-corrected chi connectivity index (χ0v) is 21.7. The molecule has 0 N–H and O–H groups in total. The third-order valence-electron chi connectivity index (χ3n) is 6.35. The molecule has 1 atom stereocenters. The highest BCUT2D eigenvalue weighted by atomic mass is 35.5. The number of anilines is 1. The summed E-state index contributed by atoms with van der Waals surface area (Å²) in [6.45, 7) is 5.45. The average Bonchev–Trinajstić information content (AvgIpc) is 2.86. The largest absolute Gasteiger partial charge is 0.470 e. The normalized spacial score (nSPS) is 18.5. The maximum absolute atomic E-state index is 13.9. The molecule has 0 bridgehead atoms. The van der Waals surface area contributed by atoms with Crippen LogP contribution in [-0.4, -0.2) is 76.3 Å². The third-order valence-corrected chi connectivity index (χ3v) is 8.16. The van der Waals surface area contributed by atoms with Gasteiger partial charge in [0.05, 0.1) is 28.5 Å². The van der Waals surface area contributed by atoms with Gasteiger partial charge in [-0.2, -0.15) is 5.10 Å². The molecule has 4 rings (SSSR count). The summed E-state index contributed by atoms with van der Waals surface area (Å²) in [4.78, 5) is 6.82. The topological polar surface area (TPSA) is 73.6 Å². The number of ether oxygens (including phenoxy) is 1. The monoisotopic (exact) mass is 556 g/mol. The van der Waals surface area contributed by atoms with Crippen molar-refractivity contribution in [2.75, 3.05) is 37.1 Å². The molecular weight excluding hydrogens is 529 g/mol. The van der Waals surface area contributed by atoms with Crippen molar-refractivity contribution in [3.8, 4) is 0 Å². The molecule has 0 spiro atoms. The predicted octanol–water partition coefficient (Wildman–Crippen LogP) is 4.27. The van der Waals surface area contributed by atoms with Crippen molar-refractivity contribution in [1.82, 2.24) is 14.2 Å². The van der Waals surface area contributed by atoms with Crippen LogP contribution in [0.25, 0.3) is 0 Å². The van der Waals surface area contributed by atoms with E-state index in [1.54, 1.807) is 16.4 Å². The van der Waals surface area contributed by atoms with Gasteiger partial charge in [-0.3, -0.25) is 14.2 Å². The van der Waals surface area contributed by atoms with Gasteiger partial charge in [-0.25, -0.2) is 21.7 Å². The van der Waals surface area contributed by atoms with E-state index in [-0.39, 0.29) is 17.5 Å². The van der Waals surface area contributed by atoms with Gasteiger partial charge in [0, 0.05) is 45.1 Å². The lowest BCUT2D eigenvalue weighted by Crippen LogP contribution is -2.54. The fraction of sp³-hybridized carbons (Fsp3) is 0.458. The number of nitrogens with zero attached hydrogens (tertiary/aromatic N) is 6. The first-order valence-electron chi connectivity index (χ1n) is 11.9. The van der Waals surface area contributed by atoms with E-state index in [1.807, 2.05) is 4.31 Å². The Hall–Kier alpha value is -2.54. The molecule has 1 unspecified atom stereocenters. The Morgan fingerprint density at radius 2 is 2.00 bits per heavy atom. The van der Waals surface area contributed by atoms with Crippen molar-refractivity contribution in [1.29, 1.82) is 0 Å². The molecule has 2 fully saturated rings. The van der Waals surface area contributed by atoms with E-state index in [0.717, 1.165) is 13.1 Å². The van der Waals surface area contributed by atoms with Crippen molar-refractivity contribution >= 4 is 41.1 Å². The number of hydrogen-bond donors (Lipinski definition) is 0. The van der Waals surface area contributed by atoms with Crippen LogP contribution in [-0.2, 0) is 22.5 Å². The van der Waals surface area contributed by atoms with E-state index in [0.29, 0.717) is 36.1 Å². The van der Waals surface area contributed by atoms with Gasteiger partial charge in [0.25, 0.3) is 6.43 Å². The first kappa shape index (κ1) is 27.5. The summed E-state index contributed by atoms with van der Waals surface area (Å²) < 4.78 is 61.2. The minimum absolute atomic E-state index is 0.0773. The van der Waals surface area contributed by atoms with Crippen LogP contribution in [0.2, 0.25) is 5.02 Å². The number of hydrogen-bond acceptors (Lipinski definition) is 6. The van der Waals surface area contributed by atoms with Gasteiger partial charge in [0.15, 0.2) is 17.8 Å². The van der Waals surface area contributed by atoms with E-state index >= 15 is 0 Å². The SMILES string of the molecule is C=N/N=C(\OCC(F)F)c1ccc(CN(c2ccc(F)c(Cl)c2)S(=O)N2CCN(C3CCC3)CC2)nc1. The molecule has 13 heteroatoms. The Labute approximate surface area is 221 Å². The number of halogens is 4. The highest BCUT2D eigenvalue weighted by Crippen LogP contribution is 2.28. The average molecular weight is 557 g/mol. The van der Waals surface area contributed by atoms with E-state index < -0.39 is 30.0 Å². The molecule has 200 valence electrons. The lowest BCUT2D eigenvalue weighted by molar-refractivity contribution is 0.0765. The summed E-state index contributed by atoms with van der Waals surface area (Å²) in [5.41, 5.74) is 1.35. The molecule has 1 saturated carbocycles. The van der Waals surface area contributed by atoms with Gasteiger partial charge in [-0.15, -0.1) is 5.10 Å². The first-order chi connectivity index (χ1) is 17.9. The van der Waals surface area contributed by atoms with Crippen molar-refractivity contribution in [2.24, 2.45) is 10.2 Å². The van der Waals surface area contributed by atoms with Crippen LogP contribution >= 0.6 is 11.6 Å². The predicted molar refractivity (Wildman–Crippen MR) is 139 cm³/mol. The second-order valence-electron chi connectivity index (χ2n) is 8.70. The molecule has 1 aliphatic carbocycles. The van der Waals surface area contributed by atoms with Crippen LogP contribution in [0, 0.1) is 5.82 Å². The van der Waals surface area contributed by atoms with Crippen LogP contribution in [0.5, 0.6) is 0 Å². The van der Waals surface area contributed by atoms with Crippen LogP contribution in [0.4, 0.5) is 18.9 Å².